The molecule has 0 radical (unpaired) electrons. The van der Waals surface area contributed by atoms with Gasteiger partial charge in [-0.2, -0.15) is 0 Å². The average Bonchev–Trinajstić information content (AvgIpc) is 2.35. The van der Waals surface area contributed by atoms with Crippen molar-refractivity contribution in [3.63, 3.8) is 0 Å². The summed E-state index contributed by atoms with van der Waals surface area (Å²) in [6.07, 6.45) is 3.11. The summed E-state index contributed by atoms with van der Waals surface area (Å²) in [7, 11) is 0. The Balaban J connectivity index is 2.28. The van der Waals surface area contributed by atoms with Crippen LogP contribution in [0.1, 0.15) is 32.6 Å². The Kier molecular flexibility index (Phi) is 2.88. The fraction of sp³-hybridized carbons (Fsp3) is 0.875. The van der Waals surface area contributed by atoms with E-state index in [-0.39, 0.29) is 11.9 Å². The molecule has 0 saturated heterocycles. The van der Waals surface area contributed by atoms with Gasteiger partial charge in [-0.1, -0.05) is 12.8 Å². The molecule has 64 valence electrons. The fourth-order valence-corrected chi connectivity index (χ4v) is 1.43. The molecule has 1 aliphatic rings. The molecule has 1 N–H and O–H groups in total. The molecule has 0 spiro atoms. The molecule has 1 rings (SSSR count). The Labute approximate surface area is 66.4 Å². The van der Waals surface area contributed by atoms with Crippen molar-refractivity contribution in [2.45, 2.75) is 38.9 Å². The quantitative estimate of drug-likeness (QED) is 0.482. The molecule has 3 heteroatoms. The molecule has 1 fully saturated rings. The normalized spacial score (nSPS) is 21.6. The van der Waals surface area contributed by atoms with E-state index in [4.69, 9.17) is 5.11 Å². The lowest BCUT2D eigenvalue weighted by molar-refractivity contribution is -0.169. The molecule has 0 amide bonds. The highest BCUT2D eigenvalue weighted by atomic mass is 16.6. The Bertz CT molecular complexity index is 136. The molecular formula is C8H14O3. The van der Waals surface area contributed by atoms with Crippen LogP contribution in [-0.4, -0.2) is 17.4 Å². The maximum Gasteiger partial charge on any atom is 0.311 e. The number of carbonyl (C=O) groups is 1. The Morgan fingerprint density at radius 3 is 2.55 bits per heavy atom. The van der Waals surface area contributed by atoms with E-state index in [1.54, 1.807) is 0 Å². The van der Waals surface area contributed by atoms with Crippen LogP contribution in [0.15, 0.2) is 0 Å². The molecule has 3 nitrogen and oxygen atoms in total. The number of rotatable bonds is 2. The molecule has 1 atom stereocenters. The summed E-state index contributed by atoms with van der Waals surface area (Å²) >= 11 is 0. The summed E-state index contributed by atoms with van der Waals surface area (Å²) in [6.45, 7) is 1.45. The van der Waals surface area contributed by atoms with Gasteiger partial charge in [0.2, 0.25) is 0 Å². The van der Waals surface area contributed by atoms with Crippen LogP contribution >= 0.6 is 0 Å². The molecule has 0 aromatic rings. The van der Waals surface area contributed by atoms with Gasteiger partial charge in [0.25, 0.3) is 0 Å². The molecule has 1 saturated carbocycles. The molecule has 11 heavy (non-hydrogen) atoms. The maximum atomic E-state index is 11.1. The molecular weight excluding hydrogens is 144 g/mol. The third kappa shape index (κ3) is 2.50. The van der Waals surface area contributed by atoms with Crippen LogP contribution in [0.3, 0.4) is 0 Å². The van der Waals surface area contributed by atoms with Gasteiger partial charge in [0.15, 0.2) is 6.29 Å². The minimum absolute atomic E-state index is 0.0459. The highest BCUT2D eigenvalue weighted by Gasteiger charge is 2.24. The van der Waals surface area contributed by atoms with Crippen LogP contribution in [0, 0.1) is 5.92 Å². The van der Waals surface area contributed by atoms with Gasteiger partial charge in [0.05, 0.1) is 5.92 Å². The number of aliphatic hydroxyl groups is 1. The molecule has 0 aromatic heterocycles. The molecule has 0 aromatic carbocycles. The van der Waals surface area contributed by atoms with Crippen molar-refractivity contribution >= 4 is 5.97 Å². The number of aliphatic hydroxyl groups excluding tert-OH is 1. The van der Waals surface area contributed by atoms with E-state index in [2.05, 4.69) is 4.74 Å². The van der Waals surface area contributed by atoms with Crippen LogP contribution in [0.5, 0.6) is 0 Å². The minimum Gasteiger partial charge on any atom is -0.436 e. The van der Waals surface area contributed by atoms with Crippen LogP contribution in [0.25, 0.3) is 0 Å². The Morgan fingerprint density at radius 1 is 1.55 bits per heavy atom. The third-order valence-corrected chi connectivity index (χ3v) is 1.98. The predicted octanol–water partition coefficient (Wildman–Crippen LogP) is 1.06. The van der Waals surface area contributed by atoms with Crippen LogP contribution in [0.2, 0.25) is 0 Å². The first-order valence-electron chi connectivity index (χ1n) is 4.08. The lowest BCUT2D eigenvalue weighted by Crippen LogP contribution is -2.20. The standard InChI is InChI=1S/C8H14O3/c1-6(9)11-8(10)7-4-2-3-5-7/h6-7,9H,2-5H2,1H3. The van der Waals surface area contributed by atoms with Crippen molar-refractivity contribution in [2.24, 2.45) is 5.92 Å². The first kappa shape index (κ1) is 8.53. The second-order valence-electron chi connectivity index (χ2n) is 3.02. The van der Waals surface area contributed by atoms with E-state index in [0.717, 1.165) is 25.7 Å². The first-order valence-corrected chi connectivity index (χ1v) is 4.08. The number of hydrogen-bond donors (Lipinski definition) is 1. The number of ether oxygens (including phenoxy) is 1. The summed E-state index contributed by atoms with van der Waals surface area (Å²) < 4.78 is 4.65. The van der Waals surface area contributed by atoms with E-state index in [1.807, 2.05) is 0 Å². The van der Waals surface area contributed by atoms with Gasteiger partial charge >= 0.3 is 5.97 Å². The van der Waals surface area contributed by atoms with E-state index in [0.29, 0.717) is 0 Å². The summed E-state index contributed by atoms with van der Waals surface area (Å²) in [5.41, 5.74) is 0. The van der Waals surface area contributed by atoms with E-state index in [9.17, 15) is 4.79 Å². The molecule has 1 unspecified atom stereocenters. The van der Waals surface area contributed by atoms with Gasteiger partial charge in [-0.15, -0.1) is 0 Å². The van der Waals surface area contributed by atoms with Gasteiger partial charge < -0.3 is 9.84 Å². The fourth-order valence-electron chi connectivity index (χ4n) is 1.43. The lowest BCUT2D eigenvalue weighted by Gasteiger charge is -2.10. The van der Waals surface area contributed by atoms with Gasteiger partial charge in [0, 0.05) is 0 Å². The third-order valence-electron chi connectivity index (χ3n) is 1.98. The molecule has 0 bridgehead atoms. The topological polar surface area (TPSA) is 46.5 Å². The van der Waals surface area contributed by atoms with Crippen molar-refractivity contribution in [1.29, 1.82) is 0 Å². The highest BCUT2D eigenvalue weighted by Crippen LogP contribution is 2.25. The summed E-state index contributed by atoms with van der Waals surface area (Å²) in [4.78, 5) is 11.1. The van der Waals surface area contributed by atoms with Crippen molar-refractivity contribution in [2.75, 3.05) is 0 Å². The minimum atomic E-state index is -0.955. The van der Waals surface area contributed by atoms with Gasteiger partial charge in [-0.05, 0) is 19.8 Å². The van der Waals surface area contributed by atoms with E-state index < -0.39 is 6.29 Å². The van der Waals surface area contributed by atoms with Crippen LogP contribution < -0.4 is 0 Å². The van der Waals surface area contributed by atoms with E-state index >= 15 is 0 Å². The van der Waals surface area contributed by atoms with Gasteiger partial charge in [-0.3, -0.25) is 4.79 Å². The SMILES string of the molecule is CC(O)OC(=O)C1CCCC1. The highest BCUT2D eigenvalue weighted by molar-refractivity contribution is 5.72. The number of esters is 1. The molecule has 0 aliphatic heterocycles. The molecule has 0 heterocycles. The van der Waals surface area contributed by atoms with Crippen molar-refractivity contribution in [3.05, 3.63) is 0 Å². The zero-order chi connectivity index (χ0) is 8.27. The lowest BCUT2D eigenvalue weighted by atomic mass is 10.1. The molecule has 1 aliphatic carbocycles. The number of carbonyl (C=O) groups excluding carboxylic acids is 1. The van der Waals surface area contributed by atoms with Gasteiger partial charge in [0.1, 0.15) is 0 Å². The summed E-state index contributed by atoms with van der Waals surface area (Å²) in [5.74, 6) is -0.192. The monoisotopic (exact) mass is 158 g/mol. The van der Waals surface area contributed by atoms with Crippen LogP contribution in [0.4, 0.5) is 0 Å². The van der Waals surface area contributed by atoms with Crippen molar-refractivity contribution in [1.82, 2.24) is 0 Å². The first-order chi connectivity index (χ1) is 5.20. The second kappa shape index (κ2) is 3.72. The Morgan fingerprint density at radius 2 is 2.09 bits per heavy atom. The van der Waals surface area contributed by atoms with Gasteiger partial charge in [-0.25, -0.2) is 0 Å². The zero-order valence-electron chi connectivity index (χ0n) is 6.75. The van der Waals surface area contributed by atoms with E-state index in [1.165, 1.54) is 6.92 Å². The van der Waals surface area contributed by atoms with Crippen LogP contribution in [-0.2, 0) is 9.53 Å². The Hall–Kier alpha value is -0.570. The summed E-state index contributed by atoms with van der Waals surface area (Å²) in [5, 5.41) is 8.74. The van der Waals surface area contributed by atoms with Crippen molar-refractivity contribution in [3.8, 4) is 0 Å². The predicted molar refractivity (Wildman–Crippen MR) is 39.7 cm³/mol. The zero-order valence-corrected chi connectivity index (χ0v) is 6.75. The second-order valence-corrected chi connectivity index (χ2v) is 3.02. The maximum absolute atomic E-state index is 11.1. The summed E-state index contributed by atoms with van der Waals surface area (Å²) in [6, 6.07) is 0. The number of hydrogen-bond acceptors (Lipinski definition) is 3. The average molecular weight is 158 g/mol. The van der Waals surface area contributed by atoms with Crippen molar-refractivity contribution < 1.29 is 14.6 Å². The largest absolute Gasteiger partial charge is 0.436 e. The smallest absolute Gasteiger partial charge is 0.311 e.